The molecule has 1 fully saturated rings. The van der Waals surface area contributed by atoms with Crippen molar-refractivity contribution in [2.24, 2.45) is 11.8 Å². The van der Waals surface area contributed by atoms with Crippen LogP contribution in [0.1, 0.15) is 56.3 Å². The summed E-state index contributed by atoms with van der Waals surface area (Å²) in [6.45, 7) is 4.47. The van der Waals surface area contributed by atoms with Crippen LogP contribution in [0.15, 0.2) is 18.3 Å². The second-order valence-electron chi connectivity index (χ2n) is 5.73. The highest BCUT2D eigenvalue weighted by Gasteiger charge is 2.28. The molecule has 1 aliphatic carbocycles. The van der Waals surface area contributed by atoms with E-state index in [0.29, 0.717) is 6.04 Å². The Balaban J connectivity index is 2.12. The summed E-state index contributed by atoms with van der Waals surface area (Å²) < 4.78 is 0. The summed E-state index contributed by atoms with van der Waals surface area (Å²) in [4.78, 5) is 4.57. The predicted molar refractivity (Wildman–Crippen MR) is 76.5 cm³/mol. The molecule has 2 rings (SSSR count). The minimum Gasteiger partial charge on any atom is -0.311 e. The van der Waals surface area contributed by atoms with Crippen molar-refractivity contribution < 1.29 is 0 Å². The standard InChI is InChI=1S/C16H26N2/c1-4-13-6-5-7-14(11-13)16(17-3)15-10-12(2)8-9-18-15/h8-10,13-14,16-17H,4-7,11H2,1-3H3. The van der Waals surface area contributed by atoms with E-state index in [9.17, 15) is 0 Å². The molecule has 3 unspecified atom stereocenters. The highest BCUT2D eigenvalue weighted by molar-refractivity contribution is 5.18. The van der Waals surface area contributed by atoms with Gasteiger partial charge in [-0.25, -0.2) is 0 Å². The predicted octanol–water partition coefficient (Wildman–Crippen LogP) is 3.87. The highest BCUT2D eigenvalue weighted by atomic mass is 14.9. The molecular weight excluding hydrogens is 220 g/mol. The molecule has 100 valence electrons. The molecule has 1 aromatic rings. The van der Waals surface area contributed by atoms with Crippen LogP contribution in [0.3, 0.4) is 0 Å². The van der Waals surface area contributed by atoms with Gasteiger partial charge >= 0.3 is 0 Å². The van der Waals surface area contributed by atoms with Crippen molar-refractivity contribution >= 4 is 0 Å². The largest absolute Gasteiger partial charge is 0.311 e. The Bertz CT molecular complexity index is 375. The molecule has 1 aromatic heterocycles. The van der Waals surface area contributed by atoms with Crippen molar-refractivity contribution in [3.05, 3.63) is 29.6 Å². The number of nitrogens with one attached hydrogen (secondary N) is 1. The molecule has 18 heavy (non-hydrogen) atoms. The monoisotopic (exact) mass is 246 g/mol. The molecule has 1 heterocycles. The van der Waals surface area contributed by atoms with Crippen molar-refractivity contribution in [3.63, 3.8) is 0 Å². The summed E-state index contributed by atoms with van der Waals surface area (Å²) in [5, 5.41) is 3.50. The lowest BCUT2D eigenvalue weighted by molar-refractivity contribution is 0.212. The Morgan fingerprint density at radius 3 is 2.94 bits per heavy atom. The van der Waals surface area contributed by atoms with E-state index in [4.69, 9.17) is 0 Å². The fourth-order valence-corrected chi connectivity index (χ4v) is 3.36. The van der Waals surface area contributed by atoms with Crippen molar-refractivity contribution in [2.75, 3.05) is 7.05 Å². The molecule has 0 saturated heterocycles. The molecule has 0 aromatic carbocycles. The first-order chi connectivity index (χ1) is 8.74. The molecule has 0 aliphatic heterocycles. The van der Waals surface area contributed by atoms with Gasteiger partial charge in [0.05, 0.1) is 11.7 Å². The van der Waals surface area contributed by atoms with Gasteiger partial charge in [0, 0.05) is 6.20 Å². The van der Waals surface area contributed by atoms with E-state index in [0.717, 1.165) is 11.8 Å². The van der Waals surface area contributed by atoms with Gasteiger partial charge in [0.25, 0.3) is 0 Å². The third kappa shape index (κ3) is 3.11. The van der Waals surface area contributed by atoms with Crippen LogP contribution in [0.2, 0.25) is 0 Å². The molecule has 1 saturated carbocycles. The second-order valence-corrected chi connectivity index (χ2v) is 5.73. The van der Waals surface area contributed by atoms with Crippen LogP contribution in [0.25, 0.3) is 0 Å². The Kier molecular flexibility index (Phi) is 4.76. The highest BCUT2D eigenvalue weighted by Crippen LogP contribution is 2.37. The minimum atomic E-state index is 0.430. The molecular formula is C16H26N2. The summed E-state index contributed by atoms with van der Waals surface area (Å²) in [7, 11) is 2.07. The van der Waals surface area contributed by atoms with Gasteiger partial charge < -0.3 is 5.32 Å². The first-order valence-corrected chi connectivity index (χ1v) is 7.34. The molecule has 0 radical (unpaired) electrons. The number of aryl methyl sites for hydroxylation is 1. The van der Waals surface area contributed by atoms with Crippen LogP contribution in [0.5, 0.6) is 0 Å². The van der Waals surface area contributed by atoms with Crippen LogP contribution in [-0.2, 0) is 0 Å². The lowest BCUT2D eigenvalue weighted by atomic mass is 9.76. The van der Waals surface area contributed by atoms with Gasteiger partial charge in [0.2, 0.25) is 0 Å². The number of aromatic nitrogens is 1. The molecule has 1 aliphatic rings. The third-order valence-corrected chi connectivity index (χ3v) is 4.44. The lowest BCUT2D eigenvalue weighted by Crippen LogP contribution is -2.30. The van der Waals surface area contributed by atoms with E-state index >= 15 is 0 Å². The van der Waals surface area contributed by atoms with E-state index in [1.807, 2.05) is 6.20 Å². The second kappa shape index (κ2) is 6.33. The number of nitrogens with zero attached hydrogens (tertiary/aromatic N) is 1. The normalized spacial score (nSPS) is 25.9. The molecule has 0 bridgehead atoms. The molecule has 1 N–H and O–H groups in total. The van der Waals surface area contributed by atoms with Crippen LogP contribution >= 0.6 is 0 Å². The smallest absolute Gasteiger partial charge is 0.0578 e. The van der Waals surface area contributed by atoms with E-state index in [1.54, 1.807) is 0 Å². The van der Waals surface area contributed by atoms with Crippen LogP contribution in [0.4, 0.5) is 0 Å². The Labute approximate surface area is 111 Å². The SMILES string of the molecule is CCC1CCCC(C(NC)c2cc(C)ccn2)C1. The fraction of sp³-hybridized carbons (Fsp3) is 0.688. The quantitative estimate of drug-likeness (QED) is 0.872. The van der Waals surface area contributed by atoms with E-state index < -0.39 is 0 Å². The van der Waals surface area contributed by atoms with Gasteiger partial charge in [-0.1, -0.05) is 26.2 Å². The van der Waals surface area contributed by atoms with Crippen LogP contribution in [0, 0.1) is 18.8 Å². The Hall–Kier alpha value is -0.890. The average Bonchev–Trinajstić information content (AvgIpc) is 2.40. The van der Waals surface area contributed by atoms with Crippen molar-refractivity contribution in [1.82, 2.24) is 10.3 Å². The molecule has 0 amide bonds. The van der Waals surface area contributed by atoms with E-state index in [1.165, 1.54) is 43.4 Å². The number of hydrogen-bond donors (Lipinski definition) is 1. The van der Waals surface area contributed by atoms with Crippen LogP contribution in [-0.4, -0.2) is 12.0 Å². The summed E-state index contributed by atoms with van der Waals surface area (Å²) in [5.41, 5.74) is 2.53. The maximum atomic E-state index is 4.57. The zero-order valence-corrected chi connectivity index (χ0v) is 11.9. The van der Waals surface area contributed by atoms with Gasteiger partial charge in [-0.2, -0.15) is 0 Å². The fourth-order valence-electron chi connectivity index (χ4n) is 3.36. The molecule has 2 nitrogen and oxygen atoms in total. The van der Waals surface area contributed by atoms with E-state index in [-0.39, 0.29) is 0 Å². The Morgan fingerprint density at radius 2 is 2.28 bits per heavy atom. The average molecular weight is 246 g/mol. The molecule has 0 spiro atoms. The number of hydrogen-bond acceptors (Lipinski definition) is 2. The topological polar surface area (TPSA) is 24.9 Å². The van der Waals surface area contributed by atoms with Gasteiger partial charge in [0.1, 0.15) is 0 Å². The summed E-state index contributed by atoms with van der Waals surface area (Å²) >= 11 is 0. The maximum Gasteiger partial charge on any atom is 0.0578 e. The number of rotatable bonds is 4. The third-order valence-electron chi connectivity index (χ3n) is 4.44. The van der Waals surface area contributed by atoms with Gasteiger partial charge in [-0.05, 0) is 56.3 Å². The first kappa shape index (κ1) is 13.5. The summed E-state index contributed by atoms with van der Waals surface area (Å²) in [6.07, 6.45) is 8.77. The van der Waals surface area contributed by atoms with Gasteiger partial charge in [-0.15, -0.1) is 0 Å². The van der Waals surface area contributed by atoms with E-state index in [2.05, 4.69) is 43.3 Å². The lowest BCUT2D eigenvalue weighted by Gasteiger charge is -2.34. The summed E-state index contributed by atoms with van der Waals surface area (Å²) in [6, 6.07) is 4.74. The van der Waals surface area contributed by atoms with Crippen molar-refractivity contribution in [1.29, 1.82) is 0 Å². The zero-order chi connectivity index (χ0) is 13.0. The summed E-state index contributed by atoms with van der Waals surface area (Å²) in [5.74, 6) is 1.67. The van der Waals surface area contributed by atoms with Crippen molar-refractivity contribution in [3.8, 4) is 0 Å². The van der Waals surface area contributed by atoms with Crippen LogP contribution < -0.4 is 5.32 Å². The van der Waals surface area contributed by atoms with Gasteiger partial charge in [-0.3, -0.25) is 4.98 Å². The number of pyridine rings is 1. The minimum absolute atomic E-state index is 0.430. The molecule has 3 atom stereocenters. The zero-order valence-electron chi connectivity index (χ0n) is 11.9. The maximum absolute atomic E-state index is 4.57. The first-order valence-electron chi connectivity index (χ1n) is 7.34. The molecule has 2 heteroatoms. The van der Waals surface area contributed by atoms with Crippen molar-refractivity contribution in [2.45, 2.75) is 52.0 Å². The Morgan fingerprint density at radius 1 is 1.44 bits per heavy atom. The van der Waals surface area contributed by atoms with Gasteiger partial charge in [0.15, 0.2) is 0 Å².